The maximum absolute atomic E-state index is 10.7. The summed E-state index contributed by atoms with van der Waals surface area (Å²) in [6, 6.07) is 5.47. The lowest BCUT2D eigenvalue weighted by Crippen LogP contribution is -2.16. The Labute approximate surface area is 95.4 Å². The quantitative estimate of drug-likeness (QED) is 0.731. The molecule has 3 heteroatoms. The number of carbonyl (C=O) groups is 1. The Balaban J connectivity index is 1.99. The van der Waals surface area contributed by atoms with Crippen LogP contribution in [0, 0.1) is 6.92 Å². The van der Waals surface area contributed by atoms with Gasteiger partial charge in [-0.1, -0.05) is 12.1 Å². The van der Waals surface area contributed by atoms with E-state index in [1.54, 1.807) is 12.1 Å². The molecule has 1 aromatic carbocycles. The number of hydrogen-bond acceptors (Lipinski definition) is 3. The topological polar surface area (TPSA) is 35.5 Å². The van der Waals surface area contributed by atoms with E-state index in [4.69, 9.17) is 9.47 Å². The first-order chi connectivity index (χ1) is 7.79. The molecule has 0 aromatic heterocycles. The van der Waals surface area contributed by atoms with Crippen LogP contribution in [0.2, 0.25) is 0 Å². The summed E-state index contributed by atoms with van der Waals surface area (Å²) >= 11 is 0. The Morgan fingerprint density at radius 2 is 2.44 bits per heavy atom. The number of benzene rings is 1. The van der Waals surface area contributed by atoms with Gasteiger partial charge in [-0.2, -0.15) is 0 Å². The van der Waals surface area contributed by atoms with Crippen LogP contribution in [0.3, 0.4) is 0 Å². The summed E-state index contributed by atoms with van der Waals surface area (Å²) in [7, 11) is 0. The van der Waals surface area contributed by atoms with Crippen LogP contribution < -0.4 is 4.74 Å². The molecule has 1 unspecified atom stereocenters. The van der Waals surface area contributed by atoms with Crippen molar-refractivity contribution in [3.05, 3.63) is 29.3 Å². The molecule has 16 heavy (non-hydrogen) atoms. The molecule has 1 atom stereocenters. The number of rotatable bonds is 4. The highest BCUT2D eigenvalue weighted by Crippen LogP contribution is 2.20. The van der Waals surface area contributed by atoms with Gasteiger partial charge in [0.05, 0.1) is 6.10 Å². The summed E-state index contributed by atoms with van der Waals surface area (Å²) < 4.78 is 11.2. The number of aryl methyl sites for hydroxylation is 1. The molecule has 0 aliphatic carbocycles. The average Bonchev–Trinajstić information content (AvgIpc) is 2.81. The van der Waals surface area contributed by atoms with Crippen molar-refractivity contribution in [1.82, 2.24) is 0 Å². The second-order valence-corrected chi connectivity index (χ2v) is 4.09. The zero-order chi connectivity index (χ0) is 11.4. The van der Waals surface area contributed by atoms with Gasteiger partial charge in [-0.25, -0.2) is 0 Å². The van der Waals surface area contributed by atoms with E-state index in [9.17, 15) is 4.79 Å². The van der Waals surface area contributed by atoms with Crippen molar-refractivity contribution in [3.8, 4) is 5.75 Å². The van der Waals surface area contributed by atoms with Crippen molar-refractivity contribution in [2.45, 2.75) is 25.9 Å². The summed E-state index contributed by atoms with van der Waals surface area (Å²) in [5, 5.41) is 0. The van der Waals surface area contributed by atoms with E-state index in [1.165, 1.54) is 0 Å². The molecule has 0 amide bonds. The van der Waals surface area contributed by atoms with Crippen LogP contribution in [0.5, 0.6) is 5.75 Å². The number of aldehydes is 1. The third-order valence-corrected chi connectivity index (χ3v) is 2.80. The van der Waals surface area contributed by atoms with Crippen LogP contribution in [0.1, 0.15) is 28.8 Å². The molecular formula is C13H16O3. The van der Waals surface area contributed by atoms with Gasteiger partial charge in [0, 0.05) is 12.2 Å². The van der Waals surface area contributed by atoms with Gasteiger partial charge in [0.2, 0.25) is 0 Å². The van der Waals surface area contributed by atoms with Gasteiger partial charge in [0.1, 0.15) is 18.6 Å². The van der Waals surface area contributed by atoms with E-state index < -0.39 is 0 Å². The highest BCUT2D eigenvalue weighted by Gasteiger charge is 2.16. The lowest BCUT2D eigenvalue weighted by Gasteiger charge is -2.13. The second kappa shape index (κ2) is 5.12. The molecule has 0 saturated carbocycles. The molecule has 0 radical (unpaired) electrons. The van der Waals surface area contributed by atoms with E-state index in [-0.39, 0.29) is 6.10 Å². The van der Waals surface area contributed by atoms with E-state index in [0.717, 1.165) is 37.0 Å². The highest BCUT2D eigenvalue weighted by atomic mass is 16.5. The Kier molecular flexibility index (Phi) is 3.57. The molecule has 3 nitrogen and oxygen atoms in total. The van der Waals surface area contributed by atoms with Crippen LogP contribution in [0.15, 0.2) is 18.2 Å². The molecular weight excluding hydrogens is 204 g/mol. The Bertz CT molecular complexity index is 367. The standard InChI is InChI=1S/C13H16O3/c1-10-4-5-11(8-14)7-13(10)16-9-12-3-2-6-15-12/h4-5,7-8,12H,2-3,6,9H2,1H3. The largest absolute Gasteiger partial charge is 0.491 e. The zero-order valence-corrected chi connectivity index (χ0v) is 9.44. The molecule has 1 heterocycles. The molecule has 1 aromatic rings. The van der Waals surface area contributed by atoms with Gasteiger partial charge in [-0.3, -0.25) is 4.79 Å². The fraction of sp³-hybridized carbons (Fsp3) is 0.462. The van der Waals surface area contributed by atoms with Gasteiger partial charge in [-0.05, 0) is 31.4 Å². The number of hydrogen-bond donors (Lipinski definition) is 0. The van der Waals surface area contributed by atoms with Gasteiger partial charge >= 0.3 is 0 Å². The van der Waals surface area contributed by atoms with Crippen molar-refractivity contribution in [2.24, 2.45) is 0 Å². The molecule has 0 bridgehead atoms. The molecule has 86 valence electrons. The van der Waals surface area contributed by atoms with E-state index in [0.29, 0.717) is 12.2 Å². The average molecular weight is 220 g/mol. The van der Waals surface area contributed by atoms with E-state index in [2.05, 4.69) is 0 Å². The molecule has 0 N–H and O–H groups in total. The first-order valence-electron chi connectivity index (χ1n) is 5.60. The smallest absolute Gasteiger partial charge is 0.150 e. The lowest BCUT2D eigenvalue weighted by molar-refractivity contribution is 0.0677. The van der Waals surface area contributed by atoms with Gasteiger partial charge in [0.25, 0.3) is 0 Å². The van der Waals surface area contributed by atoms with Crippen LogP contribution in [-0.4, -0.2) is 25.6 Å². The summed E-state index contributed by atoms with van der Waals surface area (Å²) in [4.78, 5) is 10.7. The summed E-state index contributed by atoms with van der Waals surface area (Å²) in [5.41, 5.74) is 1.69. The van der Waals surface area contributed by atoms with Crippen molar-refractivity contribution in [2.75, 3.05) is 13.2 Å². The molecule has 1 aliphatic heterocycles. The van der Waals surface area contributed by atoms with Gasteiger partial charge in [-0.15, -0.1) is 0 Å². The minimum atomic E-state index is 0.208. The van der Waals surface area contributed by atoms with Gasteiger partial charge in [0.15, 0.2) is 0 Å². The number of carbonyl (C=O) groups excluding carboxylic acids is 1. The van der Waals surface area contributed by atoms with E-state index in [1.807, 2.05) is 13.0 Å². The monoisotopic (exact) mass is 220 g/mol. The van der Waals surface area contributed by atoms with E-state index >= 15 is 0 Å². The first-order valence-corrected chi connectivity index (χ1v) is 5.60. The van der Waals surface area contributed by atoms with Crippen LogP contribution in [0.25, 0.3) is 0 Å². The van der Waals surface area contributed by atoms with Crippen LogP contribution in [0.4, 0.5) is 0 Å². The maximum atomic E-state index is 10.7. The minimum Gasteiger partial charge on any atom is -0.491 e. The SMILES string of the molecule is Cc1ccc(C=O)cc1OCC1CCCO1. The van der Waals surface area contributed by atoms with Crippen LogP contribution >= 0.6 is 0 Å². The summed E-state index contributed by atoms with van der Waals surface area (Å²) in [6.07, 6.45) is 3.21. The van der Waals surface area contributed by atoms with Crippen LogP contribution in [-0.2, 0) is 4.74 Å². The van der Waals surface area contributed by atoms with Crippen molar-refractivity contribution in [3.63, 3.8) is 0 Å². The molecule has 0 spiro atoms. The third-order valence-electron chi connectivity index (χ3n) is 2.80. The predicted molar refractivity (Wildman–Crippen MR) is 61.0 cm³/mol. The second-order valence-electron chi connectivity index (χ2n) is 4.09. The fourth-order valence-electron chi connectivity index (χ4n) is 1.80. The normalized spacial score (nSPS) is 19.7. The van der Waals surface area contributed by atoms with Crippen molar-refractivity contribution < 1.29 is 14.3 Å². The minimum absolute atomic E-state index is 0.208. The van der Waals surface area contributed by atoms with Crippen molar-refractivity contribution in [1.29, 1.82) is 0 Å². The zero-order valence-electron chi connectivity index (χ0n) is 9.44. The molecule has 1 saturated heterocycles. The lowest BCUT2D eigenvalue weighted by atomic mass is 10.1. The Morgan fingerprint density at radius 1 is 1.56 bits per heavy atom. The highest BCUT2D eigenvalue weighted by molar-refractivity contribution is 5.75. The molecule has 2 rings (SSSR count). The molecule has 1 aliphatic rings. The Hall–Kier alpha value is -1.35. The number of ether oxygens (including phenoxy) is 2. The third kappa shape index (κ3) is 2.61. The summed E-state index contributed by atoms with van der Waals surface area (Å²) in [6.45, 7) is 3.38. The first kappa shape index (κ1) is 11.1. The Morgan fingerprint density at radius 3 is 3.12 bits per heavy atom. The van der Waals surface area contributed by atoms with Crippen molar-refractivity contribution >= 4 is 6.29 Å². The maximum Gasteiger partial charge on any atom is 0.150 e. The summed E-state index contributed by atoms with van der Waals surface area (Å²) in [5.74, 6) is 0.778. The predicted octanol–water partition coefficient (Wildman–Crippen LogP) is 2.37. The fourth-order valence-corrected chi connectivity index (χ4v) is 1.80. The van der Waals surface area contributed by atoms with Gasteiger partial charge < -0.3 is 9.47 Å². The molecule has 1 fully saturated rings.